The second-order valence-corrected chi connectivity index (χ2v) is 2.65. The lowest BCUT2D eigenvalue weighted by molar-refractivity contribution is -0.134. The van der Waals surface area contributed by atoms with Crippen molar-refractivity contribution in [3.8, 4) is 0 Å². The highest BCUT2D eigenvalue weighted by molar-refractivity contribution is 5.62. The average Bonchev–Trinajstić information content (AvgIpc) is 2.34. The third kappa shape index (κ3) is 5.46. The summed E-state index contributed by atoms with van der Waals surface area (Å²) in [5.74, 6) is 0.745. The number of rotatable bonds is 1. The molecule has 0 amide bonds. The summed E-state index contributed by atoms with van der Waals surface area (Å²) in [4.78, 5) is 16.1. The number of aliphatic carboxylic acids is 1. The quantitative estimate of drug-likeness (QED) is 0.673. The molecule has 12 heavy (non-hydrogen) atoms. The van der Waals surface area contributed by atoms with E-state index in [0.29, 0.717) is 5.92 Å². The second-order valence-electron chi connectivity index (χ2n) is 2.65. The van der Waals surface area contributed by atoms with Crippen LogP contribution in [0.15, 0.2) is 12.4 Å². The van der Waals surface area contributed by atoms with Gasteiger partial charge in [0.05, 0.1) is 0 Å². The monoisotopic (exact) mass is 170 g/mol. The van der Waals surface area contributed by atoms with E-state index in [1.54, 1.807) is 6.20 Å². The highest BCUT2D eigenvalue weighted by atomic mass is 16.4. The van der Waals surface area contributed by atoms with Gasteiger partial charge in [-0.05, 0) is 0 Å². The predicted octanol–water partition coefficient (Wildman–Crippen LogP) is 1.62. The average molecular weight is 170 g/mol. The second kappa shape index (κ2) is 5.35. The fourth-order valence-electron chi connectivity index (χ4n) is 0.593. The van der Waals surface area contributed by atoms with Crippen LogP contribution < -0.4 is 0 Å². The van der Waals surface area contributed by atoms with E-state index in [1.165, 1.54) is 0 Å². The molecule has 0 aromatic carbocycles. The first-order valence-electron chi connectivity index (χ1n) is 3.72. The summed E-state index contributed by atoms with van der Waals surface area (Å²) in [7, 11) is 0. The van der Waals surface area contributed by atoms with Gasteiger partial charge in [0.15, 0.2) is 0 Å². The maximum Gasteiger partial charge on any atom is 0.300 e. The lowest BCUT2D eigenvalue weighted by Gasteiger charge is -1.95. The number of carbonyl (C=O) groups is 1. The first-order chi connectivity index (χ1) is 5.54. The Kier molecular flexibility index (Phi) is 4.76. The van der Waals surface area contributed by atoms with Gasteiger partial charge in [0.25, 0.3) is 5.97 Å². The smallest absolute Gasteiger partial charge is 0.300 e. The van der Waals surface area contributed by atoms with Gasteiger partial charge in [-0.1, -0.05) is 13.8 Å². The maximum atomic E-state index is 9.00. The molecular formula is C8H14N2O2. The van der Waals surface area contributed by atoms with Crippen LogP contribution in [0.2, 0.25) is 0 Å². The number of hydrogen-bond donors (Lipinski definition) is 2. The molecule has 0 aliphatic heterocycles. The zero-order valence-electron chi connectivity index (χ0n) is 7.53. The summed E-state index contributed by atoms with van der Waals surface area (Å²) >= 11 is 0. The zero-order chi connectivity index (χ0) is 9.56. The number of aromatic amines is 1. The number of carboxylic acid groups (broad SMARTS) is 1. The summed E-state index contributed by atoms with van der Waals surface area (Å²) in [6.07, 6.45) is 3.62. The fourth-order valence-corrected chi connectivity index (χ4v) is 0.593. The molecule has 2 N–H and O–H groups in total. The Hall–Kier alpha value is -1.32. The number of nitrogens with one attached hydrogen (secondary N) is 1. The highest BCUT2D eigenvalue weighted by Gasteiger charge is 1.96. The predicted molar refractivity (Wildman–Crippen MR) is 46.0 cm³/mol. The summed E-state index contributed by atoms with van der Waals surface area (Å²) < 4.78 is 0. The SMILES string of the molecule is CC(=O)O.CC(C)c1ncc[nH]1. The van der Waals surface area contributed by atoms with Crippen LogP contribution >= 0.6 is 0 Å². The Labute approximate surface area is 71.6 Å². The topological polar surface area (TPSA) is 66.0 Å². The van der Waals surface area contributed by atoms with Gasteiger partial charge in [0.2, 0.25) is 0 Å². The minimum Gasteiger partial charge on any atom is -0.481 e. The van der Waals surface area contributed by atoms with Crippen molar-refractivity contribution >= 4 is 5.97 Å². The summed E-state index contributed by atoms with van der Waals surface area (Å²) in [6.45, 7) is 5.30. The van der Waals surface area contributed by atoms with Gasteiger partial charge < -0.3 is 10.1 Å². The Morgan fingerprint density at radius 3 is 2.33 bits per heavy atom. The lowest BCUT2D eigenvalue weighted by Crippen LogP contribution is -1.87. The molecule has 0 atom stereocenters. The molecule has 1 aromatic rings. The molecule has 0 saturated carbocycles. The molecule has 0 radical (unpaired) electrons. The summed E-state index contributed by atoms with van der Waals surface area (Å²) in [5, 5.41) is 7.42. The van der Waals surface area contributed by atoms with Crippen LogP contribution in [-0.2, 0) is 4.79 Å². The molecule has 0 bridgehead atoms. The third-order valence-corrected chi connectivity index (χ3v) is 1.07. The largest absolute Gasteiger partial charge is 0.481 e. The van der Waals surface area contributed by atoms with Crippen LogP contribution in [0, 0.1) is 0 Å². The van der Waals surface area contributed by atoms with Gasteiger partial charge in [-0.3, -0.25) is 4.79 Å². The van der Waals surface area contributed by atoms with E-state index >= 15 is 0 Å². The van der Waals surface area contributed by atoms with Crippen LogP contribution in [0.3, 0.4) is 0 Å². The maximum absolute atomic E-state index is 9.00. The minimum atomic E-state index is -0.833. The highest BCUT2D eigenvalue weighted by Crippen LogP contribution is 2.05. The van der Waals surface area contributed by atoms with Gasteiger partial charge in [0, 0.05) is 25.2 Å². The van der Waals surface area contributed by atoms with Gasteiger partial charge in [-0.15, -0.1) is 0 Å². The molecule has 0 spiro atoms. The third-order valence-electron chi connectivity index (χ3n) is 1.07. The number of aromatic nitrogens is 2. The van der Waals surface area contributed by atoms with E-state index < -0.39 is 5.97 Å². The van der Waals surface area contributed by atoms with Crippen LogP contribution in [0.25, 0.3) is 0 Å². The van der Waals surface area contributed by atoms with E-state index in [4.69, 9.17) is 9.90 Å². The molecule has 0 fully saturated rings. The van der Waals surface area contributed by atoms with Gasteiger partial charge >= 0.3 is 0 Å². The zero-order valence-corrected chi connectivity index (χ0v) is 7.53. The van der Waals surface area contributed by atoms with Gasteiger partial charge in [0.1, 0.15) is 5.82 Å². The number of H-pyrrole nitrogens is 1. The standard InChI is InChI=1S/C6H10N2.C2H4O2/c1-5(2)6-7-3-4-8-6;1-2(3)4/h3-5H,1-2H3,(H,7,8);1H3,(H,3,4). The van der Waals surface area contributed by atoms with E-state index in [1.807, 2.05) is 6.20 Å². The first-order valence-corrected chi connectivity index (χ1v) is 3.72. The molecule has 0 aliphatic carbocycles. The van der Waals surface area contributed by atoms with E-state index in [2.05, 4.69) is 23.8 Å². The minimum absolute atomic E-state index is 0.519. The van der Waals surface area contributed by atoms with Crippen molar-refractivity contribution in [2.45, 2.75) is 26.7 Å². The first kappa shape index (κ1) is 10.7. The Balaban J connectivity index is 0.000000261. The lowest BCUT2D eigenvalue weighted by atomic mass is 10.2. The van der Waals surface area contributed by atoms with Crippen LogP contribution in [-0.4, -0.2) is 21.0 Å². The molecule has 4 heteroatoms. The Morgan fingerprint density at radius 1 is 1.67 bits per heavy atom. The summed E-state index contributed by atoms with van der Waals surface area (Å²) in [6, 6.07) is 0. The molecule has 4 nitrogen and oxygen atoms in total. The molecule has 0 saturated heterocycles. The van der Waals surface area contributed by atoms with Crippen molar-refractivity contribution < 1.29 is 9.90 Å². The van der Waals surface area contributed by atoms with Crippen molar-refractivity contribution in [2.24, 2.45) is 0 Å². The van der Waals surface area contributed by atoms with Crippen molar-refractivity contribution in [3.63, 3.8) is 0 Å². The summed E-state index contributed by atoms with van der Waals surface area (Å²) in [5.41, 5.74) is 0. The Morgan fingerprint density at radius 2 is 2.17 bits per heavy atom. The van der Waals surface area contributed by atoms with E-state index in [0.717, 1.165) is 12.7 Å². The molecular weight excluding hydrogens is 156 g/mol. The van der Waals surface area contributed by atoms with Crippen LogP contribution in [0.4, 0.5) is 0 Å². The van der Waals surface area contributed by atoms with E-state index in [-0.39, 0.29) is 0 Å². The number of nitrogens with zero attached hydrogens (tertiary/aromatic N) is 1. The molecule has 0 unspecified atom stereocenters. The Bertz CT molecular complexity index is 213. The molecule has 1 rings (SSSR count). The van der Waals surface area contributed by atoms with Gasteiger partial charge in [-0.25, -0.2) is 4.98 Å². The molecule has 68 valence electrons. The van der Waals surface area contributed by atoms with Crippen LogP contribution in [0.5, 0.6) is 0 Å². The number of carboxylic acids is 1. The molecule has 0 aliphatic rings. The fraction of sp³-hybridized carbons (Fsp3) is 0.500. The van der Waals surface area contributed by atoms with Crippen molar-refractivity contribution in [1.29, 1.82) is 0 Å². The van der Waals surface area contributed by atoms with Crippen LogP contribution in [0.1, 0.15) is 32.5 Å². The molecule has 1 heterocycles. The number of hydrogen-bond acceptors (Lipinski definition) is 2. The van der Waals surface area contributed by atoms with Crippen molar-refractivity contribution in [1.82, 2.24) is 9.97 Å². The van der Waals surface area contributed by atoms with Crippen molar-refractivity contribution in [3.05, 3.63) is 18.2 Å². The normalized spacial score (nSPS) is 9.00. The molecule has 1 aromatic heterocycles. The van der Waals surface area contributed by atoms with E-state index in [9.17, 15) is 0 Å². The van der Waals surface area contributed by atoms with Gasteiger partial charge in [-0.2, -0.15) is 0 Å². The number of imidazole rings is 1. The van der Waals surface area contributed by atoms with Crippen molar-refractivity contribution in [2.75, 3.05) is 0 Å².